The second-order valence-corrected chi connectivity index (χ2v) is 4.71. The Morgan fingerprint density at radius 3 is 2.57 bits per heavy atom. The third kappa shape index (κ3) is 4.35. The molecular formula is C14H17F3N2O2. The summed E-state index contributed by atoms with van der Waals surface area (Å²) >= 11 is 0. The van der Waals surface area contributed by atoms with Gasteiger partial charge in [-0.1, -0.05) is 12.1 Å². The quantitative estimate of drug-likeness (QED) is 0.928. The molecule has 1 N–H and O–H groups in total. The lowest BCUT2D eigenvalue weighted by atomic mass is 10.1. The molecule has 0 unspecified atom stereocenters. The number of ether oxygens (including phenoxy) is 1. The first-order chi connectivity index (χ1) is 9.98. The normalized spacial score (nSPS) is 15.9. The molecule has 1 aliphatic heterocycles. The molecule has 0 aliphatic carbocycles. The zero-order valence-corrected chi connectivity index (χ0v) is 11.4. The van der Waals surface area contributed by atoms with Gasteiger partial charge in [-0.15, -0.1) is 0 Å². The Bertz CT molecular complexity index is 485. The Labute approximate surface area is 120 Å². The molecule has 1 fully saturated rings. The van der Waals surface area contributed by atoms with Crippen molar-refractivity contribution in [2.24, 2.45) is 0 Å². The van der Waals surface area contributed by atoms with Crippen LogP contribution in [0.2, 0.25) is 0 Å². The number of rotatable bonds is 4. The molecule has 0 radical (unpaired) electrons. The van der Waals surface area contributed by atoms with Gasteiger partial charge in [-0.05, 0) is 12.1 Å². The molecule has 21 heavy (non-hydrogen) atoms. The summed E-state index contributed by atoms with van der Waals surface area (Å²) in [4.78, 5) is 13.5. The average Bonchev–Trinajstić information content (AvgIpc) is 2.47. The maximum atomic E-state index is 12.8. The summed E-state index contributed by atoms with van der Waals surface area (Å²) in [5.74, 6) is -0.0738. The number of carbonyl (C=O) groups excluding carboxylic acids is 1. The smallest absolute Gasteiger partial charge is 0.384 e. The highest BCUT2D eigenvalue weighted by Gasteiger charge is 2.33. The van der Waals surface area contributed by atoms with Crippen molar-refractivity contribution in [1.29, 1.82) is 0 Å². The van der Waals surface area contributed by atoms with E-state index in [0.29, 0.717) is 26.3 Å². The van der Waals surface area contributed by atoms with Crippen molar-refractivity contribution in [2.75, 3.05) is 38.2 Å². The van der Waals surface area contributed by atoms with Crippen LogP contribution in [-0.2, 0) is 15.7 Å². The molecule has 1 heterocycles. The summed E-state index contributed by atoms with van der Waals surface area (Å²) in [5, 5.41) is 2.69. The second-order valence-electron chi connectivity index (χ2n) is 4.71. The average molecular weight is 302 g/mol. The lowest BCUT2D eigenvalue weighted by molar-refractivity contribution is -0.137. The maximum absolute atomic E-state index is 12.8. The van der Waals surface area contributed by atoms with E-state index in [1.807, 2.05) is 0 Å². The van der Waals surface area contributed by atoms with Crippen molar-refractivity contribution in [3.8, 4) is 0 Å². The van der Waals surface area contributed by atoms with Crippen LogP contribution in [-0.4, -0.2) is 43.7 Å². The van der Waals surface area contributed by atoms with Gasteiger partial charge < -0.3 is 15.0 Å². The van der Waals surface area contributed by atoms with E-state index < -0.39 is 11.7 Å². The van der Waals surface area contributed by atoms with Gasteiger partial charge in [0.05, 0.1) is 18.8 Å². The van der Waals surface area contributed by atoms with Gasteiger partial charge in [-0.25, -0.2) is 0 Å². The summed E-state index contributed by atoms with van der Waals surface area (Å²) < 4.78 is 43.5. The summed E-state index contributed by atoms with van der Waals surface area (Å²) in [6.07, 6.45) is -4.25. The number of morpholine rings is 1. The lowest BCUT2D eigenvalue weighted by Crippen LogP contribution is -2.41. The molecule has 1 amide bonds. The Balaban J connectivity index is 1.87. The van der Waals surface area contributed by atoms with Crippen molar-refractivity contribution >= 4 is 11.6 Å². The predicted octanol–water partition coefficient (Wildman–Crippen LogP) is 2.37. The third-order valence-corrected chi connectivity index (χ3v) is 3.25. The number of hydrogen-bond acceptors (Lipinski definition) is 3. The second kappa shape index (κ2) is 6.80. The van der Waals surface area contributed by atoms with E-state index in [4.69, 9.17) is 4.74 Å². The van der Waals surface area contributed by atoms with Gasteiger partial charge in [0.1, 0.15) is 0 Å². The summed E-state index contributed by atoms with van der Waals surface area (Å²) in [6, 6.07) is 5.25. The molecule has 4 nitrogen and oxygen atoms in total. The minimum absolute atomic E-state index is 0.000206. The monoisotopic (exact) mass is 302 g/mol. The molecule has 1 aromatic rings. The van der Waals surface area contributed by atoms with Crippen molar-refractivity contribution in [3.63, 3.8) is 0 Å². The minimum Gasteiger partial charge on any atom is -0.384 e. The van der Waals surface area contributed by atoms with Crippen LogP contribution in [0.25, 0.3) is 0 Å². The number of amides is 1. The molecule has 2 rings (SSSR count). The molecule has 0 atom stereocenters. The number of benzene rings is 1. The van der Waals surface area contributed by atoms with Crippen molar-refractivity contribution in [3.05, 3.63) is 29.8 Å². The third-order valence-electron chi connectivity index (χ3n) is 3.25. The Morgan fingerprint density at radius 1 is 1.24 bits per heavy atom. The summed E-state index contributed by atoms with van der Waals surface area (Å²) in [6.45, 7) is 2.27. The highest BCUT2D eigenvalue weighted by atomic mass is 19.4. The fourth-order valence-electron chi connectivity index (χ4n) is 2.16. The number of carbonyl (C=O) groups is 1. The zero-order chi connectivity index (χ0) is 15.3. The van der Waals surface area contributed by atoms with Crippen LogP contribution in [0.15, 0.2) is 24.3 Å². The molecule has 1 aliphatic rings. The molecule has 0 bridgehead atoms. The fraction of sp³-hybridized carbons (Fsp3) is 0.500. The van der Waals surface area contributed by atoms with Crippen LogP contribution in [0.4, 0.5) is 18.9 Å². The summed E-state index contributed by atoms with van der Waals surface area (Å²) in [7, 11) is 0. The molecule has 1 aromatic carbocycles. The maximum Gasteiger partial charge on any atom is 0.418 e. The van der Waals surface area contributed by atoms with Crippen LogP contribution in [0.1, 0.15) is 12.0 Å². The van der Waals surface area contributed by atoms with Gasteiger partial charge in [-0.2, -0.15) is 13.2 Å². The molecule has 0 saturated carbocycles. The first-order valence-electron chi connectivity index (χ1n) is 6.74. The number of hydrogen-bond donors (Lipinski definition) is 1. The van der Waals surface area contributed by atoms with E-state index in [2.05, 4.69) is 5.32 Å². The van der Waals surface area contributed by atoms with Gasteiger partial charge in [0.15, 0.2) is 0 Å². The van der Waals surface area contributed by atoms with Crippen LogP contribution in [0.5, 0.6) is 0 Å². The standard InChI is InChI=1S/C14H17F3N2O2/c15-14(16,17)11-3-1-2-4-12(11)18-6-5-13(20)19-7-9-21-10-8-19/h1-4,18H,5-10H2. The van der Waals surface area contributed by atoms with Gasteiger partial charge in [0.2, 0.25) is 5.91 Å². The fourth-order valence-corrected chi connectivity index (χ4v) is 2.16. The van der Waals surface area contributed by atoms with Crippen molar-refractivity contribution < 1.29 is 22.7 Å². The summed E-state index contributed by atoms with van der Waals surface area (Å²) in [5.41, 5.74) is -0.719. The Kier molecular flexibility index (Phi) is 5.06. The van der Waals surface area contributed by atoms with Crippen LogP contribution < -0.4 is 5.32 Å². The van der Waals surface area contributed by atoms with Crippen molar-refractivity contribution in [2.45, 2.75) is 12.6 Å². The number of nitrogens with zero attached hydrogens (tertiary/aromatic N) is 1. The molecule has 0 spiro atoms. The highest BCUT2D eigenvalue weighted by molar-refractivity contribution is 5.76. The number of halogens is 3. The van der Waals surface area contributed by atoms with Gasteiger partial charge >= 0.3 is 6.18 Å². The molecule has 0 aromatic heterocycles. The van der Waals surface area contributed by atoms with Crippen LogP contribution in [0, 0.1) is 0 Å². The van der Waals surface area contributed by atoms with Crippen LogP contribution >= 0.6 is 0 Å². The van der Waals surface area contributed by atoms with E-state index >= 15 is 0 Å². The van der Waals surface area contributed by atoms with Gasteiger partial charge in [-0.3, -0.25) is 4.79 Å². The predicted molar refractivity (Wildman–Crippen MR) is 71.9 cm³/mol. The SMILES string of the molecule is O=C(CCNc1ccccc1C(F)(F)F)N1CCOCC1. The Morgan fingerprint density at radius 2 is 1.90 bits per heavy atom. The van der Waals surface area contributed by atoms with Gasteiger partial charge in [0.25, 0.3) is 0 Å². The largest absolute Gasteiger partial charge is 0.418 e. The number of alkyl halides is 3. The van der Waals surface area contributed by atoms with E-state index in [0.717, 1.165) is 6.07 Å². The molecule has 7 heteroatoms. The lowest BCUT2D eigenvalue weighted by Gasteiger charge is -2.27. The van der Waals surface area contributed by atoms with E-state index in [1.54, 1.807) is 4.90 Å². The molecule has 1 saturated heterocycles. The van der Waals surface area contributed by atoms with E-state index in [9.17, 15) is 18.0 Å². The number of nitrogens with one attached hydrogen (secondary N) is 1. The molecular weight excluding hydrogens is 285 g/mol. The van der Waals surface area contributed by atoms with Gasteiger partial charge in [0, 0.05) is 31.7 Å². The van der Waals surface area contributed by atoms with Crippen LogP contribution in [0.3, 0.4) is 0 Å². The highest BCUT2D eigenvalue weighted by Crippen LogP contribution is 2.34. The van der Waals surface area contributed by atoms with Crippen molar-refractivity contribution in [1.82, 2.24) is 4.90 Å². The minimum atomic E-state index is -4.40. The van der Waals surface area contributed by atoms with E-state index in [-0.39, 0.29) is 24.6 Å². The first-order valence-corrected chi connectivity index (χ1v) is 6.74. The first kappa shape index (κ1) is 15.6. The molecule has 116 valence electrons. The Hall–Kier alpha value is -1.76. The zero-order valence-electron chi connectivity index (χ0n) is 11.4. The number of anilines is 1. The van der Waals surface area contributed by atoms with E-state index in [1.165, 1.54) is 18.2 Å². The topological polar surface area (TPSA) is 41.6 Å². The number of para-hydroxylation sites is 1.